The van der Waals surface area contributed by atoms with E-state index in [0.717, 1.165) is 12.5 Å². The van der Waals surface area contributed by atoms with Crippen LogP contribution in [0.15, 0.2) is 21.5 Å². The maximum atomic E-state index is 13.6. The molecule has 0 aliphatic heterocycles. The van der Waals surface area contributed by atoms with Crippen molar-refractivity contribution >= 4 is 31.9 Å². The second-order valence-electron chi connectivity index (χ2n) is 4.57. The minimum atomic E-state index is -4.23. The summed E-state index contributed by atoms with van der Waals surface area (Å²) in [5, 5.41) is 9.10. The first-order valence-corrected chi connectivity index (χ1v) is 8.78. The Morgan fingerprint density at radius 3 is 2.64 bits per heavy atom. The van der Waals surface area contributed by atoms with Gasteiger partial charge < -0.3 is 9.84 Å². The molecule has 1 atom stereocenters. The van der Waals surface area contributed by atoms with Gasteiger partial charge in [-0.15, -0.1) is 0 Å². The molecule has 2 N–H and O–H groups in total. The van der Waals surface area contributed by atoms with Gasteiger partial charge in [-0.1, -0.05) is 19.8 Å². The number of methoxy groups -OCH3 is 1. The number of carboxylic acid groups (broad SMARTS) is 1. The number of nitrogens with one attached hydrogen (secondary N) is 1. The van der Waals surface area contributed by atoms with Gasteiger partial charge in [0.15, 0.2) is 0 Å². The fraction of sp³-hybridized carbons (Fsp3) is 0.462. The van der Waals surface area contributed by atoms with Crippen molar-refractivity contribution in [2.45, 2.75) is 37.1 Å². The van der Waals surface area contributed by atoms with Crippen LogP contribution >= 0.6 is 15.9 Å². The number of carboxylic acids is 1. The van der Waals surface area contributed by atoms with Gasteiger partial charge in [-0.3, -0.25) is 4.79 Å². The lowest BCUT2D eigenvalue weighted by Gasteiger charge is -2.16. The SMILES string of the molecule is CCCCC(NS(=O)(=O)c1cc(F)c(Br)cc1OC)C(=O)O. The molecular weight excluding hydrogens is 381 g/mol. The molecule has 1 aromatic rings. The number of rotatable bonds is 8. The Balaban J connectivity index is 3.18. The predicted octanol–water partition coefficient (Wildman–Crippen LogP) is 2.52. The third-order valence-electron chi connectivity index (χ3n) is 2.94. The summed E-state index contributed by atoms with van der Waals surface area (Å²) in [6, 6.07) is 0.678. The molecule has 9 heteroatoms. The third kappa shape index (κ3) is 4.65. The zero-order valence-electron chi connectivity index (χ0n) is 12.1. The molecule has 0 amide bonds. The van der Waals surface area contributed by atoms with Crippen molar-refractivity contribution in [3.05, 3.63) is 22.4 Å². The van der Waals surface area contributed by atoms with Crippen molar-refractivity contribution in [1.82, 2.24) is 4.72 Å². The quantitative estimate of drug-likeness (QED) is 0.702. The maximum absolute atomic E-state index is 13.6. The molecule has 0 bridgehead atoms. The van der Waals surface area contributed by atoms with Gasteiger partial charge in [0.25, 0.3) is 0 Å². The molecule has 1 unspecified atom stereocenters. The zero-order valence-corrected chi connectivity index (χ0v) is 14.5. The Hall–Kier alpha value is -1.19. The van der Waals surface area contributed by atoms with Crippen LogP contribution < -0.4 is 9.46 Å². The number of ether oxygens (including phenoxy) is 1. The first-order chi connectivity index (χ1) is 10.2. The molecule has 0 aromatic heterocycles. The Morgan fingerprint density at radius 2 is 2.14 bits per heavy atom. The maximum Gasteiger partial charge on any atom is 0.321 e. The number of sulfonamides is 1. The summed E-state index contributed by atoms with van der Waals surface area (Å²) < 4.78 is 45.3. The Morgan fingerprint density at radius 1 is 1.50 bits per heavy atom. The van der Waals surface area contributed by atoms with Crippen molar-refractivity contribution in [2.75, 3.05) is 7.11 Å². The summed E-state index contributed by atoms with van der Waals surface area (Å²) in [5.74, 6) is -2.16. The molecule has 0 aliphatic carbocycles. The smallest absolute Gasteiger partial charge is 0.321 e. The second kappa shape index (κ2) is 7.89. The van der Waals surface area contributed by atoms with Crippen LogP contribution in [-0.2, 0) is 14.8 Å². The van der Waals surface area contributed by atoms with Crippen LogP contribution in [0.25, 0.3) is 0 Å². The Bertz CT molecular complexity index is 650. The summed E-state index contributed by atoms with van der Waals surface area (Å²) in [7, 11) is -2.99. The van der Waals surface area contributed by atoms with Gasteiger partial charge in [0.2, 0.25) is 10.0 Å². The zero-order chi connectivity index (χ0) is 16.9. The molecule has 0 saturated heterocycles. The van der Waals surface area contributed by atoms with E-state index in [-0.39, 0.29) is 16.6 Å². The predicted molar refractivity (Wildman–Crippen MR) is 81.9 cm³/mol. The normalized spacial score (nSPS) is 12.9. The van der Waals surface area contributed by atoms with Crippen LogP contribution in [0.2, 0.25) is 0 Å². The van der Waals surface area contributed by atoms with Crippen molar-refractivity contribution < 1.29 is 27.4 Å². The van der Waals surface area contributed by atoms with Gasteiger partial charge in [-0.05, 0) is 34.5 Å². The minimum absolute atomic E-state index is 0.0454. The standard InChI is InChI=1S/C13H17BrFNO5S/c1-3-4-5-10(13(17)18)16-22(19,20)12-7-9(15)8(14)6-11(12)21-2/h6-7,10,16H,3-5H2,1-2H3,(H,17,18). The lowest BCUT2D eigenvalue weighted by molar-refractivity contribution is -0.139. The second-order valence-corrected chi connectivity index (χ2v) is 7.11. The van der Waals surface area contributed by atoms with E-state index in [1.807, 2.05) is 6.92 Å². The number of benzene rings is 1. The number of hydrogen-bond acceptors (Lipinski definition) is 4. The van der Waals surface area contributed by atoms with Gasteiger partial charge in [-0.25, -0.2) is 12.8 Å². The monoisotopic (exact) mass is 397 g/mol. The minimum Gasteiger partial charge on any atom is -0.495 e. The van der Waals surface area contributed by atoms with Crippen molar-refractivity contribution in [1.29, 1.82) is 0 Å². The van der Waals surface area contributed by atoms with E-state index < -0.39 is 32.7 Å². The summed E-state index contributed by atoms with van der Waals surface area (Å²) in [6.45, 7) is 1.86. The van der Waals surface area contributed by atoms with E-state index in [1.165, 1.54) is 13.2 Å². The topological polar surface area (TPSA) is 92.7 Å². The molecule has 1 aromatic carbocycles. The van der Waals surface area contributed by atoms with E-state index in [2.05, 4.69) is 20.7 Å². The molecule has 0 fully saturated rings. The molecule has 0 saturated carbocycles. The van der Waals surface area contributed by atoms with Gasteiger partial charge in [0.1, 0.15) is 22.5 Å². The first-order valence-electron chi connectivity index (χ1n) is 6.51. The number of carbonyl (C=O) groups is 1. The third-order valence-corrected chi connectivity index (χ3v) is 5.04. The van der Waals surface area contributed by atoms with Crippen molar-refractivity contribution in [3.8, 4) is 5.75 Å². The van der Waals surface area contributed by atoms with Gasteiger partial charge in [0, 0.05) is 0 Å². The average molecular weight is 398 g/mol. The van der Waals surface area contributed by atoms with Crippen molar-refractivity contribution in [2.24, 2.45) is 0 Å². The highest BCUT2D eigenvalue weighted by atomic mass is 79.9. The van der Waals surface area contributed by atoms with Crippen LogP contribution in [0.3, 0.4) is 0 Å². The highest BCUT2D eigenvalue weighted by Crippen LogP contribution is 2.30. The molecule has 0 radical (unpaired) electrons. The number of unbranched alkanes of at least 4 members (excludes halogenated alkanes) is 1. The molecule has 1 rings (SSSR count). The number of hydrogen-bond donors (Lipinski definition) is 2. The fourth-order valence-electron chi connectivity index (χ4n) is 1.77. The largest absolute Gasteiger partial charge is 0.495 e. The fourth-order valence-corrected chi connectivity index (χ4v) is 3.48. The lowest BCUT2D eigenvalue weighted by Crippen LogP contribution is -2.40. The number of halogens is 2. The number of aliphatic carboxylic acids is 1. The van der Waals surface area contributed by atoms with E-state index in [4.69, 9.17) is 9.84 Å². The lowest BCUT2D eigenvalue weighted by atomic mass is 10.1. The van der Waals surface area contributed by atoms with Crippen molar-refractivity contribution in [3.63, 3.8) is 0 Å². The summed E-state index contributed by atoms with van der Waals surface area (Å²) in [4.78, 5) is 10.7. The first kappa shape index (κ1) is 18.9. The molecule has 6 nitrogen and oxygen atoms in total. The van der Waals surface area contributed by atoms with E-state index in [0.29, 0.717) is 6.42 Å². The molecule has 0 heterocycles. The Kier molecular flexibility index (Phi) is 6.76. The van der Waals surface area contributed by atoms with E-state index >= 15 is 0 Å². The van der Waals surface area contributed by atoms with Crippen LogP contribution in [0, 0.1) is 5.82 Å². The molecule has 22 heavy (non-hydrogen) atoms. The van der Waals surface area contributed by atoms with Gasteiger partial charge in [0.05, 0.1) is 11.6 Å². The van der Waals surface area contributed by atoms with Crippen LogP contribution in [0.4, 0.5) is 4.39 Å². The summed E-state index contributed by atoms with van der Waals surface area (Å²) in [5.41, 5.74) is 0. The molecule has 124 valence electrons. The molecule has 0 aliphatic rings. The van der Waals surface area contributed by atoms with E-state index in [1.54, 1.807) is 0 Å². The van der Waals surface area contributed by atoms with Crippen LogP contribution in [0.5, 0.6) is 5.75 Å². The molecular formula is C13H17BrFNO5S. The average Bonchev–Trinajstić information content (AvgIpc) is 2.45. The summed E-state index contributed by atoms with van der Waals surface area (Å²) in [6.07, 6.45) is 1.42. The highest BCUT2D eigenvalue weighted by molar-refractivity contribution is 9.10. The van der Waals surface area contributed by atoms with Gasteiger partial charge >= 0.3 is 5.97 Å². The van der Waals surface area contributed by atoms with Gasteiger partial charge in [-0.2, -0.15) is 4.72 Å². The van der Waals surface area contributed by atoms with Crippen LogP contribution in [-0.4, -0.2) is 32.6 Å². The highest BCUT2D eigenvalue weighted by Gasteiger charge is 2.28. The van der Waals surface area contributed by atoms with E-state index in [9.17, 15) is 17.6 Å². The summed E-state index contributed by atoms with van der Waals surface area (Å²) >= 11 is 2.93. The Labute approximate surface area is 136 Å². The van der Waals surface area contributed by atoms with Crippen LogP contribution in [0.1, 0.15) is 26.2 Å². The molecule has 0 spiro atoms.